The summed E-state index contributed by atoms with van der Waals surface area (Å²) in [5.41, 5.74) is 5.09. The van der Waals surface area contributed by atoms with Gasteiger partial charge in [-0.1, -0.05) is 12.5 Å². The Kier molecular flexibility index (Phi) is 6.94. The lowest BCUT2D eigenvalue weighted by Crippen LogP contribution is -2.47. The van der Waals surface area contributed by atoms with E-state index in [1.54, 1.807) is 0 Å². The second-order valence-electron chi connectivity index (χ2n) is 5.11. The molecule has 0 radical (unpaired) electrons. The van der Waals surface area contributed by atoms with E-state index in [-0.39, 0.29) is 29.9 Å². The van der Waals surface area contributed by atoms with Crippen molar-refractivity contribution in [3.63, 3.8) is 0 Å². The van der Waals surface area contributed by atoms with Crippen molar-refractivity contribution in [2.45, 2.75) is 30.2 Å². The first-order chi connectivity index (χ1) is 10.4. The average Bonchev–Trinajstić information content (AvgIpc) is 2.53. The Morgan fingerprint density at radius 2 is 2.13 bits per heavy atom. The molecular weight excluding hydrogens is 347 g/mol. The molecule has 0 aliphatic carbocycles. The van der Waals surface area contributed by atoms with E-state index in [9.17, 15) is 17.6 Å². The molecule has 1 aromatic carbocycles. The van der Waals surface area contributed by atoms with Gasteiger partial charge in [0.25, 0.3) is 0 Å². The predicted octanol–water partition coefficient (Wildman–Crippen LogP) is 1.54. The monoisotopic (exact) mass is 366 g/mol. The van der Waals surface area contributed by atoms with Gasteiger partial charge in [0, 0.05) is 19.1 Å². The first-order valence-corrected chi connectivity index (χ1v) is 8.46. The molecule has 2 rings (SSSR count). The lowest BCUT2D eigenvalue weighted by atomic mass is 10.1. The van der Waals surface area contributed by atoms with Crippen molar-refractivity contribution >= 4 is 28.4 Å². The van der Waals surface area contributed by atoms with Gasteiger partial charge in [-0.05, 0) is 25.0 Å². The van der Waals surface area contributed by atoms with E-state index in [1.165, 1.54) is 16.4 Å². The zero-order valence-electron chi connectivity index (χ0n) is 12.7. The number of carbonyl (C=O) groups is 1. The molecule has 9 heteroatoms. The third kappa shape index (κ3) is 3.82. The summed E-state index contributed by atoms with van der Waals surface area (Å²) in [5, 5.41) is 0. The van der Waals surface area contributed by atoms with E-state index in [1.807, 2.05) is 0 Å². The molecule has 0 bridgehead atoms. The summed E-state index contributed by atoms with van der Waals surface area (Å²) in [7, 11) is -2.94. The summed E-state index contributed by atoms with van der Waals surface area (Å²) >= 11 is 0. The topological polar surface area (TPSA) is 89.7 Å². The molecule has 1 aliphatic heterocycles. The van der Waals surface area contributed by atoms with Crippen LogP contribution in [-0.4, -0.2) is 44.9 Å². The van der Waals surface area contributed by atoms with Crippen LogP contribution in [0.5, 0.6) is 0 Å². The van der Waals surface area contributed by atoms with E-state index >= 15 is 0 Å². The van der Waals surface area contributed by atoms with Crippen molar-refractivity contribution < 1.29 is 22.3 Å². The maximum Gasteiger partial charge on any atom is 0.342 e. The van der Waals surface area contributed by atoms with E-state index < -0.39 is 27.4 Å². The summed E-state index contributed by atoms with van der Waals surface area (Å²) in [6.45, 7) is 0.490. The Labute approximate surface area is 141 Å². The Balaban J connectivity index is 0.00000264. The minimum Gasteiger partial charge on any atom is -0.465 e. The number of nitrogens with zero attached hydrogens (tertiary/aromatic N) is 1. The van der Waals surface area contributed by atoms with Crippen LogP contribution in [0.3, 0.4) is 0 Å². The molecule has 1 saturated heterocycles. The van der Waals surface area contributed by atoms with Gasteiger partial charge in [0.1, 0.15) is 11.4 Å². The number of rotatable bonds is 4. The number of piperidine rings is 1. The van der Waals surface area contributed by atoms with Gasteiger partial charge in [0.2, 0.25) is 10.0 Å². The number of ether oxygens (including phenoxy) is 1. The highest BCUT2D eigenvalue weighted by molar-refractivity contribution is 7.89. The molecule has 0 spiro atoms. The van der Waals surface area contributed by atoms with E-state index in [0.29, 0.717) is 19.4 Å². The number of halogens is 2. The number of sulfonamides is 1. The highest BCUT2D eigenvalue weighted by Crippen LogP contribution is 2.28. The van der Waals surface area contributed by atoms with Crippen LogP contribution in [-0.2, 0) is 14.8 Å². The fourth-order valence-electron chi connectivity index (χ4n) is 2.67. The van der Waals surface area contributed by atoms with Gasteiger partial charge in [-0.3, -0.25) is 0 Å². The summed E-state index contributed by atoms with van der Waals surface area (Å²) in [4.78, 5) is 11.4. The number of carbonyl (C=O) groups excluding carboxylic acids is 1. The summed E-state index contributed by atoms with van der Waals surface area (Å²) in [6.07, 6.45) is 2.25. The Hall–Kier alpha value is -1.22. The SMILES string of the molecule is COC(=O)c1c(F)cccc1S(=O)(=O)N1CCCCC1CN.Cl. The fraction of sp³-hybridized carbons (Fsp3) is 0.500. The fourth-order valence-corrected chi connectivity index (χ4v) is 4.57. The Morgan fingerprint density at radius 1 is 1.43 bits per heavy atom. The average molecular weight is 367 g/mol. The molecule has 0 aromatic heterocycles. The summed E-state index contributed by atoms with van der Waals surface area (Å²) in [5.74, 6) is -1.94. The molecule has 130 valence electrons. The number of hydrogen-bond donors (Lipinski definition) is 1. The second-order valence-corrected chi connectivity index (χ2v) is 6.96. The molecule has 1 aliphatic rings. The quantitative estimate of drug-likeness (QED) is 0.816. The highest BCUT2D eigenvalue weighted by atomic mass is 35.5. The van der Waals surface area contributed by atoms with E-state index in [4.69, 9.17) is 5.73 Å². The molecule has 6 nitrogen and oxygen atoms in total. The van der Waals surface area contributed by atoms with Gasteiger partial charge >= 0.3 is 5.97 Å². The van der Waals surface area contributed by atoms with Crippen LogP contribution < -0.4 is 5.73 Å². The predicted molar refractivity (Wildman–Crippen MR) is 85.6 cm³/mol. The van der Waals surface area contributed by atoms with Crippen molar-refractivity contribution in [3.05, 3.63) is 29.6 Å². The zero-order valence-corrected chi connectivity index (χ0v) is 14.3. The molecule has 2 N–H and O–H groups in total. The van der Waals surface area contributed by atoms with Crippen LogP contribution in [0.2, 0.25) is 0 Å². The maximum absolute atomic E-state index is 14.0. The van der Waals surface area contributed by atoms with Gasteiger partial charge in [0.15, 0.2) is 0 Å². The largest absolute Gasteiger partial charge is 0.465 e. The van der Waals surface area contributed by atoms with Crippen LogP contribution in [0.15, 0.2) is 23.1 Å². The molecule has 1 unspecified atom stereocenters. The summed E-state index contributed by atoms with van der Waals surface area (Å²) in [6, 6.07) is 3.16. The highest BCUT2D eigenvalue weighted by Gasteiger charge is 2.36. The molecule has 1 fully saturated rings. The van der Waals surface area contributed by atoms with Gasteiger partial charge in [-0.25, -0.2) is 17.6 Å². The lowest BCUT2D eigenvalue weighted by molar-refractivity contribution is 0.0590. The second kappa shape index (κ2) is 8.05. The van der Waals surface area contributed by atoms with Crippen LogP contribution in [0.4, 0.5) is 4.39 Å². The molecule has 0 amide bonds. The molecule has 23 heavy (non-hydrogen) atoms. The number of nitrogens with two attached hydrogens (primary N) is 1. The zero-order chi connectivity index (χ0) is 16.3. The molecule has 0 saturated carbocycles. The number of hydrogen-bond acceptors (Lipinski definition) is 5. The van der Waals surface area contributed by atoms with Crippen LogP contribution >= 0.6 is 12.4 Å². The van der Waals surface area contributed by atoms with Gasteiger partial charge in [0.05, 0.1) is 12.0 Å². The third-order valence-electron chi connectivity index (χ3n) is 3.80. The Bertz CT molecular complexity index is 669. The molecule has 1 aromatic rings. The minimum atomic E-state index is -4.02. The maximum atomic E-state index is 14.0. The molecule has 1 heterocycles. The normalized spacial score (nSPS) is 19.0. The van der Waals surface area contributed by atoms with Crippen molar-refractivity contribution in [1.82, 2.24) is 4.31 Å². The first-order valence-electron chi connectivity index (χ1n) is 7.02. The van der Waals surface area contributed by atoms with E-state index in [2.05, 4.69) is 4.74 Å². The van der Waals surface area contributed by atoms with Crippen LogP contribution in [0.25, 0.3) is 0 Å². The van der Waals surface area contributed by atoms with Crippen LogP contribution in [0.1, 0.15) is 29.6 Å². The Morgan fingerprint density at radius 3 is 2.74 bits per heavy atom. The smallest absolute Gasteiger partial charge is 0.342 e. The van der Waals surface area contributed by atoms with Crippen molar-refractivity contribution in [3.8, 4) is 0 Å². The summed E-state index contributed by atoms with van der Waals surface area (Å²) < 4.78 is 45.4. The first kappa shape index (κ1) is 19.8. The number of benzene rings is 1. The molecule has 1 atom stereocenters. The standard InChI is InChI=1S/C14H19FN2O4S.ClH/c1-21-14(18)13-11(15)6-4-7-12(13)22(19,20)17-8-3-2-5-10(17)9-16;/h4,6-7,10H,2-3,5,8-9,16H2,1H3;1H. The van der Waals surface area contributed by atoms with Crippen molar-refractivity contribution in [2.75, 3.05) is 20.2 Å². The third-order valence-corrected chi connectivity index (χ3v) is 5.79. The number of methoxy groups -OCH3 is 1. The lowest BCUT2D eigenvalue weighted by Gasteiger charge is -2.34. The van der Waals surface area contributed by atoms with Gasteiger partial charge in [-0.15, -0.1) is 12.4 Å². The number of esters is 1. The van der Waals surface area contributed by atoms with Crippen molar-refractivity contribution in [2.24, 2.45) is 5.73 Å². The van der Waals surface area contributed by atoms with Crippen molar-refractivity contribution in [1.29, 1.82) is 0 Å². The molecular formula is C14H20ClFN2O4S. The van der Waals surface area contributed by atoms with Gasteiger partial charge < -0.3 is 10.5 Å². The van der Waals surface area contributed by atoms with E-state index in [0.717, 1.165) is 19.6 Å². The minimum absolute atomic E-state index is 0. The van der Waals surface area contributed by atoms with Crippen LogP contribution in [0, 0.1) is 5.82 Å². The van der Waals surface area contributed by atoms with Gasteiger partial charge in [-0.2, -0.15) is 4.31 Å².